The Balaban J connectivity index is 2.13. The van der Waals surface area contributed by atoms with Gasteiger partial charge in [-0.3, -0.25) is 4.79 Å². The molecule has 2 rings (SSSR count). The number of hydrogen-bond acceptors (Lipinski definition) is 6. The van der Waals surface area contributed by atoms with E-state index in [0.29, 0.717) is 18.1 Å². The van der Waals surface area contributed by atoms with Gasteiger partial charge in [-0.15, -0.1) is 20.4 Å². The third-order valence-electron chi connectivity index (χ3n) is 3.68. The van der Waals surface area contributed by atoms with Crippen molar-refractivity contribution in [3.05, 3.63) is 35.7 Å². The smallest absolute Gasteiger partial charge is 0.203 e. The fourth-order valence-corrected chi connectivity index (χ4v) is 2.47. The van der Waals surface area contributed by atoms with Crippen LogP contribution >= 0.6 is 0 Å². The molecule has 0 radical (unpaired) electrons. The third-order valence-corrected chi connectivity index (χ3v) is 3.68. The number of carbonyl (C=O) groups excluding carboxylic acids is 1. The van der Waals surface area contributed by atoms with Gasteiger partial charge in [0.25, 0.3) is 0 Å². The Hall–Kier alpha value is -2.21. The molecule has 1 heterocycles. The van der Waals surface area contributed by atoms with Crippen molar-refractivity contribution in [2.24, 2.45) is 5.92 Å². The van der Waals surface area contributed by atoms with Crippen molar-refractivity contribution in [1.29, 1.82) is 0 Å². The number of nitrogens with one attached hydrogen (secondary N) is 1. The molecule has 24 heavy (non-hydrogen) atoms. The number of benzene rings is 1. The van der Waals surface area contributed by atoms with Crippen molar-refractivity contribution in [1.82, 2.24) is 25.7 Å². The highest BCUT2D eigenvalue weighted by atomic mass is 16.1. The Bertz CT molecular complexity index is 665. The third kappa shape index (κ3) is 4.89. The summed E-state index contributed by atoms with van der Waals surface area (Å²) in [6.07, 6.45) is 0.667. The molecule has 0 spiro atoms. The van der Waals surface area contributed by atoms with Gasteiger partial charge in [0.15, 0.2) is 11.6 Å². The molecular weight excluding hydrogens is 302 g/mol. The van der Waals surface area contributed by atoms with Crippen LogP contribution in [0.25, 0.3) is 11.4 Å². The maximum Gasteiger partial charge on any atom is 0.203 e. The van der Waals surface area contributed by atoms with E-state index in [9.17, 15) is 4.79 Å². The van der Waals surface area contributed by atoms with Crippen LogP contribution in [0.4, 0.5) is 0 Å². The Morgan fingerprint density at radius 1 is 1.00 bits per heavy atom. The van der Waals surface area contributed by atoms with Gasteiger partial charge in [-0.05, 0) is 18.9 Å². The van der Waals surface area contributed by atoms with Crippen LogP contribution in [0.2, 0.25) is 0 Å². The molecule has 0 bridgehead atoms. The lowest BCUT2D eigenvalue weighted by atomic mass is 9.94. The number of carbonyl (C=O) groups is 1. The van der Waals surface area contributed by atoms with Crippen LogP contribution in [0.3, 0.4) is 0 Å². The number of aryl methyl sites for hydroxylation is 1. The zero-order valence-electron chi connectivity index (χ0n) is 14.9. The number of nitrogens with zero attached hydrogens (tertiary/aromatic N) is 4. The summed E-state index contributed by atoms with van der Waals surface area (Å²) in [5.74, 6) is 1.30. The van der Waals surface area contributed by atoms with Gasteiger partial charge in [0.2, 0.25) is 5.82 Å². The zero-order chi connectivity index (χ0) is 17.7. The lowest BCUT2D eigenvalue weighted by molar-refractivity contribution is -0.124. The summed E-state index contributed by atoms with van der Waals surface area (Å²) in [7, 11) is 0. The molecule has 6 nitrogen and oxygen atoms in total. The molecule has 1 aromatic carbocycles. The molecule has 0 aliphatic heterocycles. The minimum absolute atomic E-state index is 0.0126. The molecule has 1 unspecified atom stereocenters. The van der Waals surface area contributed by atoms with Crippen LogP contribution in [-0.2, 0) is 11.2 Å². The van der Waals surface area contributed by atoms with Crippen LogP contribution in [-0.4, -0.2) is 38.3 Å². The highest BCUT2D eigenvalue weighted by Crippen LogP contribution is 2.16. The fourth-order valence-electron chi connectivity index (χ4n) is 2.47. The normalized spacial score (nSPS) is 12.6. The molecular formula is C18H25N5O. The topological polar surface area (TPSA) is 80.7 Å². The Morgan fingerprint density at radius 3 is 2.08 bits per heavy atom. The van der Waals surface area contributed by atoms with Gasteiger partial charge in [0.05, 0.1) is 6.04 Å². The Kier molecular flexibility index (Phi) is 6.09. The van der Waals surface area contributed by atoms with E-state index < -0.39 is 0 Å². The Morgan fingerprint density at radius 2 is 1.58 bits per heavy atom. The quantitative estimate of drug-likeness (QED) is 0.841. The minimum atomic E-state index is -0.171. The molecule has 0 amide bonds. The summed E-state index contributed by atoms with van der Waals surface area (Å²) in [5.41, 5.74) is 1.96. The van der Waals surface area contributed by atoms with Crippen LogP contribution in [0.1, 0.15) is 39.1 Å². The van der Waals surface area contributed by atoms with Crippen molar-refractivity contribution >= 4 is 5.78 Å². The molecule has 0 saturated carbocycles. The molecule has 1 atom stereocenters. The summed E-state index contributed by atoms with van der Waals surface area (Å²) in [4.78, 5) is 12.4. The van der Waals surface area contributed by atoms with Gasteiger partial charge in [-0.2, -0.15) is 0 Å². The molecule has 0 fully saturated rings. The number of rotatable bonds is 7. The number of aromatic nitrogens is 4. The van der Waals surface area contributed by atoms with Gasteiger partial charge in [0.1, 0.15) is 0 Å². The molecule has 128 valence electrons. The average Bonchev–Trinajstić information content (AvgIpc) is 2.54. The molecule has 2 aromatic rings. The zero-order valence-corrected chi connectivity index (χ0v) is 14.9. The van der Waals surface area contributed by atoms with E-state index in [1.165, 1.54) is 0 Å². The molecule has 0 saturated heterocycles. The molecule has 1 N–H and O–H groups in total. The number of Topliss-reactive ketones (excluding diaryl/α,β-unsaturated/α-hetero) is 1. The predicted molar refractivity (Wildman–Crippen MR) is 93.4 cm³/mol. The highest BCUT2D eigenvalue weighted by Gasteiger charge is 2.22. The highest BCUT2D eigenvalue weighted by molar-refractivity contribution is 5.86. The maximum atomic E-state index is 12.4. The van der Waals surface area contributed by atoms with Crippen molar-refractivity contribution in [2.75, 3.05) is 0 Å². The summed E-state index contributed by atoms with van der Waals surface area (Å²) >= 11 is 0. The van der Waals surface area contributed by atoms with Gasteiger partial charge in [-0.25, -0.2) is 0 Å². The summed E-state index contributed by atoms with van der Waals surface area (Å²) in [5, 5.41) is 19.3. The number of hydrogen-bond donors (Lipinski definition) is 1. The van der Waals surface area contributed by atoms with Crippen molar-refractivity contribution in [3.63, 3.8) is 0 Å². The summed E-state index contributed by atoms with van der Waals surface area (Å²) < 4.78 is 0. The summed E-state index contributed by atoms with van der Waals surface area (Å²) in [6.45, 7) is 9.74. The number of ketones is 1. The molecule has 1 aromatic heterocycles. The van der Waals surface area contributed by atoms with Crippen LogP contribution < -0.4 is 5.32 Å². The second-order valence-electron chi connectivity index (χ2n) is 6.60. The van der Waals surface area contributed by atoms with Gasteiger partial charge >= 0.3 is 0 Å². The average molecular weight is 327 g/mol. The second-order valence-corrected chi connectivity index (χ2v) is 6.60. The molecule has 0 aliphatic carbocycles. The predicted octanol–water partition coefficient (Wildman–Crippen LogP) is 2.38. The molecule has 6 heteroatoms. The van der Waals surface area contributed by atoms with Crippen molar-refractivity contribution in [3.8, 4) is 11.4 Å². The monoisotopic (exact) mass is 327 g/mol. The Labute approximate surface area is 143 Å². The van der Waals surface area contributed by atoms with E-state index in [2.05, 4.69) is 39.6 Å². The van der Waals surface area contributed by atoms with E-state index in [-0.39, 0.29) is 23.8 Å². The van der Waals surface area contributed by atoms with Crippen LogP contribution in [0.5, 0.6) is 0 Å². The van der Waals surface area contributed by atoms with Gasteiger partial charge in [-0.1, -0.05) is 52.0 Å². The summed E-state index contributed by atoms with van der Waals surface area (Å²) in [6, 6.07) is 7.97. The lowest BCUT2D eigenvalue weighted by Crippen LogP contribution is -2.44. The van der Waals surface area contributed by atoms with Gasteiger partial charge in [0, 0.05) is 17.5 Å². The first-order valence-electron chi connectivity index (χ1n) is 8.30. The first-order valence-corrected chi connectivity index (χ1v) is 8.30. The van der Waals surface area contributed by atoms with E-state index in [1.807, 2.05) is 38.1 Å². The first-order chi connectivity index (χ1) is 11.4. The lowest BCUT2D eigenvalue weighted by Gasteiger charge is -2.22. The SMILES string of the molecule is Cc1nnc(-c2ccc(CC(NC(C)C)C(=O)C(C)C)cc2)nn1. The van der Waals surface area contributed by atoms with Crippen LogP contribution in [0.15, 0.2) is 24.3 Å². The fraction of sp³-hybridized carbons (Fsp3) is 0.500. The standard InChI is InChI=1S/C18H25N5O/c1-11(2)17(24)16(19-12(3)4)10-14-6-8-15(9-7-14)18-22-20-13(5)21-23-18/h6-9,11-12,16,19H,10H2,1-5H3. The van der Waals surface area contributed by atoms with E-state index >= 15 is 0 Å². The van der Waals surface area contributed by atoms with Crippen molar-refractivity contribution in [2.45, 2.75) is 53.1 Å². The minimum Gasteiger partial charge on any atom is -0.305 e. The van der Waals surface area contributed by atoms with Crippen LogP contribution in [0, 0.1) is 12.8 Å². The molecule has 0 aliphatic rings. The van der Waals surface area contributed by atoms with E-state index in [4.69, 9.17) is 0 Å². The maximum absolute atomic E-state index is 12.4. The largest absolute Gasteiger partial charge is 0.305 e. The van der Waals surface area contributed by atoms with Crippen molar-refractivity contribution < 1.29 is 4.79 Å². The first kappa shape index (κ1) is 18.1. The second kappa shape index (κ2) is 8.06. The van der Waals surface area contributed by atoms with Gasteiger partial charge < -0.3 is 5.32 Å². The van der Waals surface area contributed by atoms with E-state index in [1.54, 1.807) is 6.92 Å². The van der Waals surface area contributed by atoms with E-state index in [0.717, 1.165) is 11.1 Å².